The number of nitrogens with zero attached hydrogens (tertiary/aromatic N) is 2. The molecule has 1 aromatic carbocycles. The molecular formula is C21H22FN3O4. The number of hydrogen-bond donors (Lipinski definition) is 3. The SMILES string of the molecule is Cc1ccc2nc(-c3ccc(F)c(C)c3)c(CC(=O)NC(C(=O)O)C(C)O)n2c1. The van der Waals surface area contributed by atoms with E-state index < -0.39 is 24.0 Å². The second-order valence-corrected chi connectivity index (χ2v) is 7.11. The Morgan fingerprint density at radius 1 is 1.24 bits per heavy atom. The zero-order valence-corrected chi connectivity index (χ0v) is 16.3. The highest BCUT2D eigenvalue weighted by atomic mass is 19.1. The number of aliphatic carboxylic acids is 1. The molecule has 29 heavy (non-hydrogen) atoms. The largest absolute Gasteiger partial charge is 0.480 e. The van der Waals surface area contributed by atoms with Crippen LogP contribution in [0.3, 0.4) is 0 Å². The van der Waals surface area contributed by atoms with Crippen LogP contribution in [0.5, 0.6) is 0 Å². The van der Waals surface area contributed by atoms with Gasteiger partial charge in [0.05, 0.1) is 23.9 Å². The van der Waals surface area contributed by atoms with Crippen LogP contribution in [0, 0.1) is 19.7 Å². The Balaban J connectivity index is 2.05. The summed E-state index contributed by atoms with van der Waals surface area (Å²) in [5, 5.41) is 21.1. The number of carboxylic acids is 1. The Morgan fingerprint density at radius 3 is 2.59 bits per heavy atom. The molecule has 3 aromatic rings. The van der Waals surface area contributed by atoms with Crippen LogP contribution in [0.2, 0.25) is 0 Å². The maximum Gasteiger partial charge on any atom is 0.328 e. The average Bonchev–Trinajstić information content (AvgIpc) is 2.99. The molecule has 0 aliphatic carbocycles. The monoisotopic (exact) mass is 399 g/mol. The first-order valence-corrected chi connectivity index (χ1v) is 9.11. The summed E-state index contributed by atoms with van der Waals surface area (Å²) in [5.41, 5.74) is 3.72. The van der Waals surface area contributed by atoms with E-state index in [9.17, 15) is 24.2 Å². The van der Waals surface area contributed by atoms with E-state index in [1.807, 2.05) is 25.3 Å². The number of carbonyl (C=O) groups is 2. The Kier molecular flexibility index (Phi) is 5.65. The number of aliphatic hydroxyl groups excluding tert-OH is 1. The highest BCUT2D eigenvalue weighted by Gasteiger charge is 2.26. The summed E-state index contributed by atoms with van der Waals surface area (Å²) in [6.07, 6.45) is 0.418. The normalized spacial score (nSPS) is 13.3. The number of carbonyl (C=O) groups excluding carboxylic acids is 1. The van der Waals surface area contributed by atoms with E-state index in [0.717, 1.165) is 5.56 Å². The Morgan fingerprint density at radius 2 is 1.97 bits per heavy atom. The summed E-state index contributed by atoms with van der Waals surface area (Å²) < 4.78 is 15.5. The number of fused-ring (bicyclic) bond motifs is 1. The Hall–Kier alpha value is -3.26. The fourth-order valence-electron chi connectivity index (χ4n) is 3.16. The second-order valence-electron chi connectivity index (χ2n) is 7.11. The van der Waals surface area contributed by atoms with Gasteiger partial charge in [-0.2, -0.15) is 0 Å². The molecule has 3 N–H and O–H groups in total. The summed E-state index contributed by atoms with van der Waals surface area (Å²) in [7, 11) is 0. The third-order valence-electron chi connectivity index (χ3n) is 4.69. The first-order valence-electron chi connectivity index (χ1n) is 9.11. The minimum absolute atomic E-state index is 0.160. The van der Waals surface area contributed by atoms with Crippen molar-refractivity contribution in [3.63, 3.8) is 0 Å². The predicted molar refractivity (Wildman–Crippen MR) is 105 cm³/mol. The van der Waals surface area contributed by atoms with Gasteiger partial charge in [0.2, 0.25) is 5.91 Å². The van der Waals surface area contributed by atoms with Crippen LogP contribution < -0.4 is 5.32 Å². The second kappa shape index (κ2) is 8.00. The van der Waals surface area contributed by atoms with Crippen molar-refractivity contribution in [2.45, 2.75) is 39.3 Å². The van der Waals surface area contributed by atoms with Gasteiger partial charge in [0.1, 0.15) is 11.5 Å². The van der Waals surface area contributed by atoms with E-state index in [1.165, 1.54) is 13.0 Å². The van der Waals surface area contributed by atoms with Crippen LogP contribution in [-0.4, -0.2) is 43.6 Å². The lowest BCUT2D eigenvalue weighted by Gasteiger charge is -2.17. The molecule has 0 aliphatic heterocycles. The van der Waals surface area contributed by atoms with Crippen LogP contribution in [-0.2, 0) is 16.0 Å². The number of aromatic nitrogens is 2. The van der Waals surface area contributed by atoms with E-state index in [-0.39, 0.29) is 12.2 Å². The molecule has 8 heteroatoms. The van der Waals surface area contributed by atoms with E-state index in [0.29, 0.717) is 28.2 Å². The van der Waals surface area contributed by atoms with Gasteiger partial charge in [-0.25, -0.2) is 14.2 Å². The maximum atomic E-state index is 13.7. The number of rotatable bonds is 6. The molecule has 0 bridgehead atoms. The average molecular weight is 399 g/mol. The van der Waals surface area contributed by atoms with Gasteiger partial charge in [-0.3, -0.25) is 4.79 Å². The third kappa shape index (κ3) is 4.27. The molecule has 3 rings (SSSR count). The number of imidazole rings is 1. The molecule has 2 unspecified atom stereocenters. The van der Waals surface area contributed by atoms with E-state index in [2.05, 4.69) is 10.3 Å². The van der Waals surface area contributed by atoms with Gasteiger partial charge in [0, 0.05) is 11.8 Å². The molecule has 0 fully saturated rings. The van der Waals surface area contributed by atoms with Crippen LogP contribution >= 0.6 is 0 Å². The van der Waals surface area contributed by atoms with Crippen molar-refractivity contribution in [2.75, 3.05) is 0 Å². The fourth-order valence-corrected chi connectivity index (χ4v) is 3.16. The van der Waals surface area contributed by atoms with E-state index >= 15 is 0 Å². The summed E-state index contributed by atoms with van der Waals surface area (Å²) in [6.45, 7) is 4.84. The molecule has 0 saturated heterocycles. The molecule has 2 aromatic heterocycles. The topological polar surface area (TPSA) is 104 Å². The molecule has 0 spiro atoms. The molecule has 2 atom stereocenters. The summed E-state index contributed by atoms with van der Waals surface area (Å²) in [6, 6.07) is 6.87. The number of halogens is 1. The number of benzene rings is 1. The van der Waals surface area contributed by atoms with Crippen molar-refractivity contribution >= 4 is 17.5 Å². The van der Waals surface area contributed by atoms with Gasteiger partial charge in [-0.1, -0.05) is 6.07 Å². The van der Waals surface area contributed by atoms with Crippen molar-refractivity contribution in [1.82, 2.24) is 14.7 Å². The number of hydrogen-bond acceptors (Lipinski definition) is 4. The zero-order valence-electron chi connectivity index (χ0n) is 16.3. The van der Waals surface area contributed by atoms with Gasteiger partial charge in [-0.15, -0.1) is 0 Å². The first-order chi connectivity index (χ1) is 13.7. The van der Waals surface area contributed by atoms with Crippen LogP contribution in [0.4, 0.5) is 4.39 Å². The summed E-state index contributed by atoms with van der Waals surface area (Å²) >= 11 is 0. The van der Waals surface area contributed by atoms with Crippen molar-refractivity contribution < 1.29 is 24.2 Å². The number of amides is 1. The van der Waals surface area contributed by atoms with Crippen molar-refractivity contribution in [3.8, 4) is 11.3 Å². The molecule has 152 valence electrons. The zero-order chi connectivity index (χ0) is 21.3. The van der Waals surface area contributed by atoms with E-state index in [1.54, 1.807) is 23.5 Å². The third-order valence-corrected chi connectivity index (χ3v) is 4.69. The molecule has 0 radical (unpaired) electrons. The number of aryl methyl sites for hydroxylation is 2. The summed E-state index contributed by atoms with van der Waals surface area (Å²) in [4.78, 5) is 28.4. The van der Waals surface area contributed by atoms with Crippen molar-refractivity contribution in [1.29, 1.82) is 0 Å². The quantitative estimate of drug-likeness (QED) is 0.590. The van der Waals surface area contributed by atoms with Gasteiger partial charge >= 0.3 is 5.97 Å². The number of aliphatic hydroxyl groups is 1. The lowest BCUT2D eigenvalue weighted by molar-refractivity contribution is -0.144. The number of nitrogens with one attached hydrogen (secondary N) is 1. The van der Waals surface area contributed by atoms with E-state index in [4.69, 9.17) is 0 Å². The highest BCUT2D eigenvalue weighted by molar-refractivity contribution is 5.86. The van der Waals surface area contributed by atoms with Crippen LogP contribution in [0.25, 0.3) is 16.9 Å². The molecule has 1 amide bonds. The predicted octanol–water partition coefficient (Wildman–Crippen LogP) is 2.25. The molecular weight excluding hydrogens is 377 g/mol. The smallest absolute Gasteiger partial charge is 0.328 e. The molecule has 2 heterocycles. The minimum atomic E-state index is -1.42. The molecule has 7 nitrogen and oxygen atoms in total. The minimum Gasteiger partial charge on any atom is -0.480 e. The molecule has 0 saturated carbocycles. The maximum absolute atomic E-state index is 13.7. The van der Waals surface area contributed by atoms with Gasteiger partial charge < -0.3 is 19.9 Å². The number of carboxylic acid groups (broad SMARTS) is 1. The number of pyridine rings is 1. The standard InChI is InChI=1S/C21H22FN3O4/c1-11-4-7-17-23-20(14-5-6-15(22)12(2)8-14)16(25(17)10-11)9-18(27)24-19(13(3)26)21(28)29/h4-8,10,13,19,26H,9H2,1-3H3,(H,24,27)(H,28,29). The lowest BCUT2D eigenvalue weighted by Crippen LogP contribution is -2.48. The van der Waals surface area contributed by atoms with Gasteiger partial charge in [-0.05, 0) is 56.2 Å². The highest BCUT2D eigenvalue weighted by Crippen LogP contribution is 2.27. The van der Waals surface area contributed by atoms with Crippen molar-refractivity contribution in [3.05, 3.63) is 59.2 Å². The van der Waals surface area contributed by atoms with Gasteiger partial charge in [0.25, 0.3) is 0 Å². The van der Waals surface area contributed by atoms with Crippen LogP contribution in [0.15, 0.2) is 36.5 Å². The summed E-state index contributed by atoms with van der Waals surface area (Å²) in [5.74, 6) is -2.23. The molecule has 0 aliphatic rings. The lowest BCUT2D eigenvalue weighted by atomic mass is 10.1. The Bertz CT molecular complexity index is 1090. The Labute approximate surface area is 166 Å². The fraction of sp³-hybridized carbons (Fsp3) is 0.286. The van der Waals surface area contributed by atoms with Gasteiger partial charge in [0.15, 0.2) is 6.04 Å². The van der Waals surface area contributed by atoms with Crippen LogP contribution in [0.1, 0.15) is 23.7 Å². The first kappa shape index (κ1) is 20.5. The van der Waals surface area contributed by atoms with Crippen molar-refractivity contribution in [2.24, 2.45) is 0 Å².